The average molecular weight is 372 g/mol. The van der Waals surface area contributed by atoms with E-state index < -0.39 is 30.3 Å². The maximum Gasteiger partial charge on any atom is 0.449 e. The topological polar surface area (TPSA) is 46.9 Å². The maximum atomic E-state index is 13.8. The minimum Gasteiger partial charge on any atom is -0.322 e. The SMILES string of the molecule is O=C(Cn1c(C(F)(F)F)nc2ccccc21)Nc1cccc(Cl)c1F. The van der Waals surface area contributed by atoms with E-state index in [9.17, 15) is 22.4 Å². The van der Waals surface area contributed by atoms with Crippen molar-refractivity contribution in [2.24, 2.45) is 0 Å². The normalized spacial score (nSPS) is 11.7. The van der Waals surface area contributed by atoms with E-state index in [1.807, 2.05) is 0 Å². The molecule has 0 saturated heterocycles. The number of hydrogen-bond acceptors (Lipinski definition) is 2. The summed E-state index contributed by atoms with van der Waals surface area (Å²) in [6.07, 6.45) is -4.74. The van der Waals surface area contributed by atoms with Crippen LogP contribution < -0.4 is 5.32 Å². The van der Waals surface area contributed by atoms with Gasteiger partial charge in [0.2, 0.25) is 11.7 Å². The van der Waals surface area contributed by atoms with Gasteiger partial charge in [-0.1, -0.05) is 29.8 Å². The molecule has 0 aliphatic rings. The predicted molar refractivity (Wildman–Crippen MR) is 84.8 cm³/mol. The molecular formula is C16H10ClF4N3O. The summed E-state index contributed by atoms with van der Waals surface area (Å²) in [5.41, 5.74) is 0.0450. The predicted octanol–water partition coefficient (Wildman–Crippen LogP) is 4.49. The van der Waals surface area contributed by atoms with Gasteiger partial charge in [0.25, 0.3) is 0 Å². The number of carbonyl (C=O) groups excluding carboxylic acids is 1. The average Bonchev–Trinajstić information content (AvgIpc) is 2.91. The summed E-state index contributed by atoms with van der Waals surface area (Å²) < 4.78 is 54.1. The molecule has 0 aliphatic carbocycles. The molecular weight excluding hydrogens is 362 g/mol. The van der Waals surface area contributed by atoms with E-state index in [1.54, 1.807) is 6.07 Å². The Morgan fingerprint density at radius 3 is 2.60 bits per heavy atom. The van der Waals surface area contributed by atoms with Crippen molar-refractivity contribution in [1.29, 1.82) is 0 Å². The van der Waals surface area contributed by atoms with Crippen molar-refractivity contribution in [3.05, 3.63) is 59.1 Å². The van der Waals surface area contributed by atoms with Crippen molar-refractivity contribution < 1.29 is 22.4 Å². The number of fused-ring (bicyclic) bond motifs is 1. The molecule has 0 fully saturated rings. The van der Waals surface area contributed by atoms with Crippen molar-refractivity contribution in [2.45, 2.75) is 12.7 Å². The zero-order valence-electron chi connectivity index (χ0n) is 12.4. The van der Waals surface area contributed by atoms with Crippen molar-refractivity contribution in [3.63, 3.8) is 0 Å². The Hall–Kier alpha value is -2.61. The molecule has 0 unspecified atom stereocenters. The van der Waals surface area contributed by atoms with Gasteiger partial charge in [-0.15, -0.1) is 0 Å². The highest BCUT2D eigenvalue weighted by Gasteiger charge is 2.38. The highest BCUT2D eigenvalue weighted by molar-refractivity contribution is 6.31. The molecule has 4 nitrogen and oxygen atoms in total. The molecule has 2 aromatic carbocycles. The van der Waals surface area contributed by atoms with Gasteiger partial charge in [-0.05, 0) is 24.3 Å². The fourth-order valence-electron chi connectivity index (χ4n) is 2.39. The lowest BCUT2D eigenvalue weighted by Gasteiger charge is -2.12. The molecule has 1 heterocycles. The molecule has 1 aromatic heterocycles. The molecule has 3 aromatic rings. The van der Waals surface area contributed by atoms with Crippen LogP contribution in [-0.4, -0.2) is 15.5 Å². The highest BCUT2D eigenvalue weighted by Crippen LogP contribution is 2.31. The number of aromatic nitrogens is 2. The van der Waals surface area contributed by atoms with Gasteiger partial charge in [0.15, 0.2) is 5.82 Å². The van der Waals surface area contributed by atoms with E-state index in [2.05, 4.69) is 10.3 Å². The summed E-state index contributed by atoms with van der Waals surface area (Å²) in [5.74, 6) is -2.89. The summed E-state index contributed by atoms with van der Waals surface area (Å²) in [6.45, 7) is -0.679. The lowest BCUT2D eigenvalue weighted by molar-refractivity contribution is -0.147. The summed E-state index contributed by atoms with van der Waals surface area (Å²) in [6, 6.07) is 9.87. The van der Waals surface area contributed by atoms with Crippen LogP contribution in [0.1, 0.15) is 5.82 Å². The third-order valence-corrected chi connectivity index (χ3v) is 3.73. The monoisotopic (exact) mass is 371 g/mol. The largest absolute Gasteiger partial charge is 0.449 e. The minimum absolute atomic E-state index is 0.108. The molecule has 9 heteroatoms. The van der Waals surface area contributed by atoms with Crippen LogP contribution >= 0.6 is 11.6 Å². The zero-order chi connectivity index (χ0) is 18.2. The molecule has 25 heavy (non-hydrogen) atoms. The van der Waals surface area contributed by atoms with Crippen LogP contribution in [0.4, 0.5) is 23.2 Å². The molecule has 1 N–H and O–H groups in total. The first kappa shape index (κ1) is 17.2. The van der Waals surface area contributed by atoms with Crippen LogP contribution in [0.2, 0.25) is 5.02 Å². The fourth-order valence-corrected chi connectivity index (χ4v) is 2.56. The van der Waals surface area contributed by atoms with Crippen LogP contribution in [0.5, 0.6) is 0 Å². The number of benzene rings is 2. The molecule has 0 atom stereocenters. The van der Waals surface area contributed by atoms with Gasteiger partial charge in [0.1, 0.15) is 6.54 Å². The third kappa shape index (κ3) is 3.43. The van der Waals surface area contributed by atoms with E-state index in [4.69, 9.17) is 11.6 Å². The van der Waals surface area contributed by atoms with Crippen LogP contribution in [0.3, 0.4) is 0 Å². The summed E-state index contributed by atoms with van der Waals surface area (Å²) in [4.78, 5) is 15.7. The van der Waals surface area contributed by atoms with Crippen molar-refractivity contribution in [3.8, 4) is 0 Å². The third-order valence-electron chi connectivity index (χ3n) is 3.44. The fraction of sp³-hybridized carbons (Fsp3) is 0.125. The van der Waals surface area contributed by atoms with Gasteiger partial charge in [0.05, 0.1) is 21.7 Å². The number of carbonyl (C=O) groups is 1. The van der Waals surface area contributed by atoms with Gasteiger partial charge >= 0.3 is 6.18 Å². The summed E-state index contributed by atoms with van der Waals surface area (Å²) >= 11 is 5.61. The molecule has 0 saturated carbocycles. The number of nitrogens with zero attached hydrogens (tertiary/aromatic N) is 2. The number of para-hydroxylation sites is 2. The molecule has 0 aliphatic heterocycles. The zero-order valence-corrected chi connectivity index (χ0v) is 13.2. The lowest BCUT2D eigenvalue weighted by atomic mass is 10.3. The molecule has 130 valence electrons. The van der Waals surface area contributed by atoms with Gasteiger partial charge in [0, 0.05) is 0 Å². The van der Waals surface area contributed by atoms with Gasteiger partial charge in [-0.25, -0.2) is 9.37 Å². The van der Waals surface area contributed by atoms with E-state index in [-0.39, 0.29) is 21.7 Å². The van der Waals surface area contributed by atoms with Crippen molar-refractivity contribution >= 4 is 34.2 Å². The Morgan fingerprint density at radius 1 is 1.16 bits per heavy atom. The first-order chi connectivity index (χ1) is 11.8. The number of rotatable bonds is 3. The Kier molecular flexibility index (Phi) is 4.38. The Morgan fingerprint density at radius 2 is 1.88 bits per heavy atom. The number of halogens is 5. The number of imidazole rings is 1. The second-order valence-electron chi connectivity index (χ2n) is 5.16. The second-order valence-corrected chi connectivity index (χ2v) is 5.56. The number of anilines is 1. The van der Waals surface area contributed by atoms with Crippen LogP contribution in [0, 0.1) is 5.82 Å². The number of hydrogen-bond donors (Lipinski definition) is 1. The van der Waals surface area contributed by atoms with Crippen LogP contribution in [0.15, 0.2) is 42.5 Å². The Balaban J connectivity index is 1.94. The summed E-state index contributed by atoms with van der Waals surface area (Å²) in [5, 5.41) is 2.01. The molecule has 1 amide bonds. The molecule has 0 bridgehead atoms. The Labute approximate surface area is 144 Å². The first-order valence-corrected chi connectivity index (χ1v) is 7.41. The quantitative estimate of drug-likeness (QED) is 0.690. The number of amides is 1. The summed E-state index contributed by atoms with van der Waals surface area (Å²) in [7, 11) is 0. The van der Waals surface area contributed by atoms with E-state index in [1.165, 1.54) is 36.4 Å². The maximum absolute atomic E-state index is 13.8. The van der Waals surface area contributed by atoms with Crippen LogP contribution in [-0.2, 0) is 17.5 Å². The van der Waals surface area contributed by atoms with E-state index >= 15 is 0 Å². The first-order valence-electron chi connectivity index (χ1n) is 7.03. The van der Waals surface area contributed by atoms with E-state index in [0.29, 0.717) is 0 Å². The second kappa shape index (κ2) is 6.36. The molecule has 3 rings (SSSR count). The van der Waals surface area contributed by atoms with Crippen LogP contribution in [0.25, 0.3) is 11.0 Å². The van der Waals surface area contributed by atoms with Gasteiger partial charge in [-0.2, -0.15) is 13.2 Å². The standard InChI is InChI=1S/C16H10ClF4N3O/c17-9-4-3-6-11(14(9)18)22-13(25)8-24-12-7-2-1-5-10(12)23-15(24)16(19,20)21/h1-7H,8H2,(H,22,25). The molecule has 0 spiro atoms. The van der Waals surface area contributed by atoms with Crippen molar-refractivity contribution in [2.75, 3.05) is 5.32 Å². The van der Waals surface area contributed by atoms with Crippen molar-refractivity contribution in [1.82, 2.24) is 9.55 Å². The van der Waals surface area contributed by atoms with Gasteiger partial charge < -0.3 is 9.88 Å². The highest BCUT2D eigenvalue weighted by atomic mass is 35.5. The number of nitrogens with one attached hydrogen (secondary N) is 1. The lowest BCUT2D eigenvalue weighted by Crippen LogP contribution is -2.23. The van der Waals surface area contributed by atoms with E-state index in [0.717, 1.165) is 4.57 Å². The van der Waals surface area contributed by atoms with Gasteiger partial charge in [-0.3, -0.25) is 4.79 Å². The molecule has 0 radical (unpaired) electrons. The minimum atomic E-state index is -4.74. The smallest absolute Gasteiger partial charge is 0.322 e. The number of alkyl halides is 3. The Bertz CT molecular complexity index is 952.